The van der Waals surface area contributed by atoms with Gasteiger partial charge in [0.25, 0.3) is 0 Å². The number of hydrogen-bond donors (Lipinski definition) is 3. The summed E-state index contributed by atoms with van der Waals surface area (Å²) in [7, 11) is -4.44. The van der Waals surface area contributed by atoms with E-state index in [1.54, 1.807) is 0 Å². The van der Waals surface area contributed by atoms with Crippen LogP contribution in [0.2, 0.25) is 0 Å². The lowest BCUT2D eigenvalue weighted by Crippen LogP contribution is -2.28. The Morgan fingerprint density at radius 1 is 1.20 bits per heavy atom. The van der Waals surface area contributed by atoms with Crippen molar-refractivity contribution in [1.82, 2.24) is 0 Å². The van der Waals surface area contributed by atoms with E-state index in [4.69, 9.17) is 15.5 Å². The van der Waals surface area contributed by atoms with Gasteiger partial charge in [-0.05, 0) is 22.9 Å². The van der Waals surface area contributed by atoms with E-state index in [2.05, 4.69) is 10.6 Å². The smallest absolute Gasteiger partial charge is 0.325 e. The van der Waals surface area contributed by atoms with Gasteiger partial charge in [0, 0.05) is 16.7 Å². The molecule has 0 radical (unpaired) electrons. The molecule has 0 aliphatic rings. The summed E-state index contributed by atoms with van der Waals surface area (Å²) in [4.78, 5) is 18.3. The second kappa shape index (κ2) is 6.72. The van der Waals surface area contributed by atoms with Gasteiger partial charge >= 0.3 is 7.82 Å². The summed E-state index contributed by atoms with van der Waals surface area (Å²) in [6, 6.07) is 13.7. The lowest BCUT2D eigenvalue weighted by atomic mass is 10.1. The van der Waals surface area contributed by atoms with E-state index in [0.29, 0.717) is 5.75 Å². The highest BCUT2D eigenvalue weighted by molar-refractivity contribution is 7.99. The van der Waals surface area contributed by atoms with Crippen molar-refractivity contribution in [1.29, 1.82) is 0 Å². The van der Waals surface area contributed by atoms with Crippen LogP contribution >= 0.6 is 19.6 Å². The maximum absolute atomic E-state index is 10.6. The summed E-state index contributed by atoms with van der Waals surface area (Å²) in [5.41, 5.74) is 5.75. The summed E-state index contributed by atoms with van der Waals surface area (Å²) in [6.07, 6.45) is 0. The predicted molar refractivity (Wildman–Crippen MR) is 80.6 cm³/mol. The third kappa shape index (κ3) is 4.90. The van der Waals surface area contributed by atoms with Crippen LogP contribution in [0, 0.1) is 0 Å². The van der Waals surface area contributed by atoms with Gasteiger partial charge in [-0.3, -0.25) is 4.52 Å². The molecule has 0 unspecified atom stereocenters. The van der Waals surface area contributed by atoms with Crippen molar-refractivity contribution < 1.29 is 18.9 Å². The highest BCUT2D eigenvalue weighted by atomic mass is 32.2. The molecular weight excluding hydrogens is 297 g/mol. The molecule has 5 nitrogen and oxygen atoms in total. The van der Waals surface area contributed by atoms with Crippen molar-refractivity contribution in [2.75, 3.05) is 12.4 Å². The Bertz CT molecular complexity index is 631. The van der Waals surface area contributed by atoms with E-state index < -0.39 is 13.9 Å². The van der Waals surface area contributed by atoms with Crippen LogP contribution in [0.25, 0.3) is 10.8 Å². The summed E-state index contributed by atoms with van der Waals surface area (Å²) in [5.74, 6) is 0.526. The first kappa shape index (κ1) is 15.5. The molecule has 108 valence electrons. The Kier molecular flexibility index (Phi) is 5.21. The Morgan fingerprint density at radius 3 is 2.60 bits per heavy atom. The molecule has 0 aliphatic carbocycles. The van der Waals surface area contributed by atoms with Crippen LogP contribution in [0.5, 0.6) is 0 Å². The molecule has 20 heavy (non-hydrogen) atoms. The van der Waals surface area contributed by atoms with Gasteiger partial charge in [0.1, 0.15) is 0 Å². The summed E-state index contributed by atoms with van der Waals surface area (Å²) in [6.45, 7) is -0.162. The van der Waals surface area contributed by atoms with Gasteiger partial charge in [0.2, 0.25) is 0 Å². The fourth-order valence-corrected chi connectivity index (χ4v) is 2.96. The first-order valence-electron chi connectivity index (χ1n) is 6.01. The lowest BCUT2D eigenvalue weighted by Gasteiger charge is -2.12. The monoisotopic (exact) mass is 313 g/mol. The van der Waals surface area contributed by atoms with Gasteiger partial charge in [-0.1, -0.05) is 30.3 Å². The Balaban J connectivity index is 1.90. The molecule has 0 saturated carbocycles. The maximum atomic E-state index is 10.6. The second-order valence-electron chi connectivity index (χ2n) is 4.37. The number of thioether (sulfide) groups is 1. The lowest BCUT2D eigenvalue weighted by molar-refractivity contribution is 0.190. The van der Waals surface area contributed by atoms with Gasteiger partial charge in [-0.25, -0.2) is 4.57 Å². The molecule has 0 saturated heterocycles. The van der Waals surface area contributed by atoms with Crippen LogP contribution in [0.1, 0.15) is 0 Å². The third-order valence-electron chi connectivity index (χ3n) is 2.64. The van der Waals surface area contributed by atoms with Crippen molar-refractivity contribution in [3.05, 3.63) is 42.5 Å². The number of nitrogens with two attached hydrogens (primary N) is 1. The zero-order chi connectivity index (χ0) is 14.6. The molecule has 1 atom stereocenters. The van der Waals surface area contributed by atoms with Crippen LogP contribution in [0.4, 0.5) is 0 Å². The summed E-state index contributed by atoms with van der Waals surface area (Å²) < 4.78 is 14.9. The van der Waals surface area contributed by atoms with Crippen LogP contribution < -0.4 is 5.73 Å². The van der Waals surface area contributed by atoms with E-state index in [0.717, 1.165) is 10.3 Å². The quantitative estimate of drug-likeness (QED) is 0.560. The Hall–Kier alpha value is -0.880. The van der Waals surface area contributed by atoms with Crippen molar-refractivity contribution >= 4 is 30.4 Å². The van der Waals surface area contributed by atoms with E-state index in [-0.39, 0.29) is 6.61 Å². The molecule has 0 amide bonds. The second-order valence-corrected chi connectivity index (χ2v) is 6.70. The van der Waals surface area contributed by atoms with Crippen molar-refractivity contribution in [2.24, 2.45) is 5.73 Å². The number of phosphoric acid groups is 1. The van der Waals surface area contributed by atoms with Crippen LogP contribution in [0.3, 0.4) is 0 Å². The van der Waals surface area contributed by atoms with Crippen LogP contribution in [-0.4, -0.2) is 28.2 Å². The van der Waals surface area contributed by atoms with Gasteiger partial charge in [0.15, 0.2) is 0 Å². The minimum atomic E-state index is -4.44. The number of rotatable bonds is 6. The highest BCUT2D eigenvalue weighted by Crippen LogP contribution is 2.35. The van der Waals surface area contributed by atoms with Crippen molar-refractivity contribution in [3.63, 3.8) is 0 Å². The standard InChI is InChI=1S/C13H16NO4PS/c14-12(8-18-19(15,16)17)9-20-13-6-5-10-3-1-2-4-11(10)7-13/h1-7,12H,8-9,14H2,(H2,15,16,17)/t12-/m0/s1. The highest BCUT2D eigenvalue weighted by Gasteiger charge is 2.16. The average molecular weight is 313 g/mol. The molecule has 0 spiro atoms. The Morgan fingerprint density at radius 2 is 1.90 bits per heavy atom. The first-order valence-corrected chi connectivity index (χ1v) is 8.53. The SMILES string of the molecule is N[C@@H](COP(=O)(O)O)CSc1ccc2ccccc2c1. The minimum Gasteiger partial charge on any atom is -0.325 e. The predicted octanol–water partition coefficient (Wildman–Crippen LogP) is 2.37. The van der Waals surface area contributed by atoms with E-state index in [1.165, 1.54) is 17.1 Å². The molecule has 2 aromatic rings. The summed E-state index contributed by atoms with van der Waals surface area (Å²) >= 11 is 1.54. The molecule has 0 fully saturated rings. The third-order valence-corrected chi connectivity index (χ3v) is 4.31. The number of fused-ring (bicyclic) bond motifs is 1. The zero-order valence-electron chi connectivity index (χ0n) is 10.7. The number of benzene rings is 2. The van der Waals surface area contributed by atoms with E-state index in [9.17, 15) is 4.57 Å². The van der Waals surface area contributed by atoms with Crippen LogP contribution in [0.15, 0.2) is 47.4 Å². The topological polar surface area (TPSA) is 92.8 Å². The molecular formula is C13H16NO4PS. The first-order chi connectivity index (χ1) is 9.44. The summed E-state index contributed by atoms with van der Waals surface area (Å²) in [5, 5.41) is 2.32. The maximum Gasteiger partial charge on any atom is 0.469 e. The van der Waals surface area contributed by atoms with Gasteiger partial charge in [0.05, 0.1) is 6.61 Å². The van der Waals surface area contributed by atoms with Gasteiger partial charge < -0.3 is 15.5 Å². The minimum absolute atomic E-state index is 0.162. The normalized spacial score (nSPS) is 13.6. The van der Waals surface area contributed by atoms with Gasteiger partial charge in [-0.2, -0.15) is 0 Å². The average Bonchev–Trinajstić information content (AvgIpc) is 2.42. The fourth-order valence-electron chi connectivity index (χ4n) is 1.70. The molecule has 0 bridgehead atoms. The molecule has 0 aliphatic heterocycles. The molecule has 0 aromatic heterocycles. The molecule has 0 heterocycles. The Labute approximate surface area is 121 Å². The number of hydrogen-bond acceptors (Lipinski definition) is 4. The molecule has 2 aromatic carbocycles. The number of phosphoric ester groups is 1. The molecule has 7 heteroatoms. The van der Waals surface area contributed by atoms with Crippen molar-refractivity contribution in [3.8, 4) is 0 Å². The largest absolute Gasteiger partial charge is 0.469 e. The van der Waals surface area contributed by atoms with E-state index in [1.807, 2.05) is 36.4 Å². The zero-order valence-corrected chi connectivity index (χ0v) is 12.4. The fraction of sp³-hybridized carbons (Fsp3) is 0.231. The van der Waals surface area contributed by atoms with E-state index >= 15 is 0 Å². The van der Waals surface area contributed by atoms with Gasteiger partial charge in [-0.15, -0.1) is 11.8 Å². The molecule has 2 rings (SSSR count). The molecule has 4 N–H and O–H groups in total. The van der Waals surface area contributed by atoms with Crippen molar-refractivity contribution in [2.45, 2.75) is 10.9 Å². The van der Waals surface area contributed by atoms with Crippen LogP contribution in [-0.2, 0) is 9.09 Å².